The summed E-state index contributed by atoms with van der Waals surface area (Å²) in [6.07, 6.45) is 1.66. The molecule has 1 aromatic carbocycles. The quantitative estimate of drug-likeness (QED) is 0.802. The molecule has 5 N–H and O–H groups in total. The molecule has 1 heterocycles. The van der Waals surface area contributed by atoms with Crippen LogP contribution in [0.4, 0.5) is 5.82 Å². The number of nitrogens with zero attached hydrogens (tertiary/aromatic N) is 1. The molecule has 126 valence electrons. The fraction of sp³-hybridized carbons (Fsp3) is 0.222. The van der Waals surface area contributed by atoms with E-state index in [-0.39, 0.29) is 22.7 Å². The smallest absolute Gasteiger partial charge is 0.264 e. The Balaban J connectivity index is 3.02. The van der Waals surface area contributed by atoms with E-state index in [1.807, 2.05) is 13.8 Å². The molecule has 6 heteroatoms. The van der Waals surface area contributed by atoms with Crippen LogP contribution < -0.4 is 17.0 Å². The number of aromatic hydroxyl groups is 1. The number of hydrogen-bond donors (Lipinski definition) is 3. The molecule has 0 spiro atoms. The minimum absolute atomic E-state index is 0.0372. The summed E-state index contributed by atoms with van der Waals surface area (Å²) in [7, 11) is 0. The summed E-state index contributed by atoms with van der Waals surface area (Å²) < 4.78 is 1.24. The first-order valence-corrected chi connectivity index (χ1v) is 7.45. The maximum atomic E-state index is 12.9. The number of nitrogens with two attached hydrogens (primary N) is 2. The number of benzene rings is 1. The summed E-state index contributed by atoms with van der Waals surface area (Å²) in [5.74, 6) is -0.731. The summed E-state index contributed by atoms with van der Waals surface area (Å²) in [4.78, 5) is 24.7. The average Bonchev–Trinajstić information content (AvgIpc) is 2.48. The highest BCUT2D eigenvalue weighted by Gasteiger charge is 2.19. The number of rotatable bonds is 3. The SMILES string of the molecule is CC(C)=Cc1cc(C(N)=O)c(N)n(-c2c(C)ccc(O)c2C)c1=O. The molecule has 2 aromatic rings. The van der Waals surface area contributed by atoms with Crippen molar-refractivity contribution in [3.63, 3.8) is 0 Å². The van der Waals surface area contributed by atoms with Crippen molar-refractivity contribution in [2.75, 3.05) is 5.73 Å². The number of pyridine rings is 1. The first kappa shape index (κ1) is 17.3. The molecule has 0 fully saturated rings. The predicted molar refractivity (Wildman–Crippen MR) is 95.4 cm³/mol. The van der Waals surface area contributed by atoms with Crippen LogP contribution in [0.2, 0.25) is 0 Å². The van der Waals surface area contributed by atoms with E-state index < -0.39 is 5.91 Å². The molecule has 0 aliphatic heterocycles. The number of aromatic nitrogens is 1. The number of carbonyl (C=O) groups excluding carboxylic acids is 1. The van der Waals surface area contributed by atoms with Crippen molar-refractivity contribution < 1.29 is 9.90 Å². The lowest BCUT2D eigenvalue weighted by molar-refractivity contribution is 0.100. The second-order valence-electron chi connectivity index (χ2n) is 6.00. The zero-order valence-electron chi connectivity index (χ0n) is 14.2. The molecule has 6 nitrogen and oxygen atoms in total. The number of nitrogen functional groups attached to an aromatic ring is 1. The van der Waals surface area contributed by atoms with Crippen LogP contribution in [0.3, 0.4) is 0 Å². The summed E-state index contributed by atoms with van der Waals surface area (Å²) in [6, 6.07) is 4.63. The van der Waals surface area contributed by atoms with Crippen LogP contribution in [0.15, 0.2) is 28.6 Å². The third kappa shape index (κ3) is 2.90. The number of primary amides is 1. The van der Waals surface area contributed by atoms with Gasteiger partial charge in [-0.2, -0.15) is 0 Å². The van der Waals surface area contributed by atoms with E-state index in [0.29, 0.717) is 16.8 Å². The zero-order valence-corrected chi connectivity index (χ0v) is 14.2. The van der Waals surface area contributed by atoms with E-state index >= 15 is 0 Å². The van der Waals surface area contributed by atoms with Gasteiger partial charge in [-0.1, -0.05) is 17.7 Å². The molecule has 0 bridgehead atoms. The van der Waals surface area contributed by atoms with Crippen molar-refractivity contribution in [3.8, 4) is 11.4 Å². The topological polar surface area (TPSA) is 111 Å². The van der Waals surface area contributed by atoms with E-state index in [4.69, 9.17) is 11.5 Å². The molecule has 0 atom stereocenters. The second-order valence-corrected chi connectivity index (χ2v) is 6.00. The number of phenols is 1. The van der Waals surface area contributed by atoms with Crippen molar-refractivity contribution in [3.05, 3.63) is 56.4 Å². The van der Waals surface area contributed by atoms with Gasteiger partial charge in [-0.15, -0.1) is 0 Å². The number of carbonyl (C=O) groups is 1. The predicted octanol–water partition coefficient (Wildman–Crippen LogP) is 2.26. The van der Waals surface area contributed by atoms with Crippen LogP contribution in [0.25, 0.3) is 11.8 Å². The number of hydrogen-bond acceptors (Lipinski definition) is 4. The molecule has 0 aliphatic rings. The minimum atomic E-state index is -0.722. The Hall–Kier alpha value is -3.02. The van der Waals surface area contributed by atoms with E-state index in [0.717, 1.165) is 11.1 Å². The third-order valence-electron chi connectivity index (χ3n) is 3.80. The molecule has 0 saturated carbocycles. The normalized spacial score (nSPS) is 10.5. The van der Waals surface area contributed by atoms with Gasteiger partial charge in [0, 0.05) is 11.1 Å². The lowest BCUT2D eigenvalue weighted by Gasteiger charge is -2.18. The van der Waals surface area contributed by atoms with Gasteiger partial charge in [-0.3, -0.25) is 14.2 Å². The van der Waals surface area contributed by atoms with E-state index in [2.05, 4.69) is 0 Å². The van der Waals surface area contributed by atoms with Gasteiger partial charge in [-0.25, -0.2) is 0 Å². The van der Waals surface area contributed by atoms with Gasteiger partial charge in [0.05, 0.1) is 11.3 Å². The van der Waals surface area contributed by atoms with E-state index in [9.17, 15) is 14.7 Å². The number of amides is 1. The van der Waals surface area contributed by atoms with E-state index in [1.165, 1.54) is 10.6 Å². The lowest BCUT2D eigenvalue weighted by Crippen LogP contribution is -2.28. The van der Waals surface area contributed by atoms with Gasteiger partial charge in [0.1, 0.15) is 11.6 Å². The van der Waals surface area contributed by atoms with Crippen LogP contribution in [0, 0.1) is 13.8 Å². The molecule has 0 saturated heterocycles. The van der Waals surface area contributed by atoms with Crippen LogP contribution in [-0.4, -0.2) is 15.6 Å². The van der Waals surface area contributed by atoms with Gasteiger partial charge in [0.25, 0.3) is 11.5 Å². The Morgan fingerprint density at radius 2 is 1.88 bits per heavy atom. The van der Waals surface area contributed by atoms with E-state index in [1.54, 1.807) is 32.1 Å². The second kappa shape index (κ2) is 6.23. The Bertz CT molecular complexity index is 920. The minimum Gasteiger partial charge on any atom is -0.508 e. The van der Waals surface area contributed by atoms with Gasteiger partial charge in [0.2, 0.25) is 0 Å². The van der Waals surface area contributed by atoms with Crippen molar-refractivity contribution in [2.24, 2.45) is 5.73 Å². The maximum Gasteiger partial charge on any atom is 0.264 e. The Labute approximate surface area is 140 Å². The standard InChI is InChI=1S/C18H21N3O3/c1-9(2)7-12-8-13(17(20)23)16(19)21(18(12)24)15-10(3)5-6-14(22)11(15)4/h5-8,22H,19H2,1-4H3,(H2,20,23). The Kier molecular flexibility index (Phi) is 4.50. The number of anilines is 1. The summed E-state index contributed by atoms with van der Waals surface area (Å²) in [6.45, 7) is 7.16. The van der Waals surface area contributed by atoms with Crippen LogP contribution in [0.1, 0.15) is 40.9 Å². The highest BCUT2D eigenvalue weighted by molar-refractivity contribution is 5.98. The highest BCUT2D eigenvalue weighted by atomic mass is 16.3. The van der Waals surface area contributed by atoms with Crippen LogP contribution >= 0.6 is 0 Å². The van der Waals surface area contributed by atoms with Crippen LogP contribution in [-0.2, 0) is 0 Å². The first-order valence-electron chi connectivity index (χ1n) is 7.45. The monoisotopic (exact) mass is 327 g/mol. The molecule has 1 amide bonds. The first-order chi connectivity index (χ1) is 11.1. The van der Waals surface area contributed by atoms with Crippen molar-refractivity contribution in [1.29, 1.82) is 0 Å². The zero-order chi connectivity index (χ0) is 18.2. The van der Waals surface area contributed by atoms with Crippen LogP contribution in [0.5, 0.6) is 5.75 Å². The Morgan fingerprint density at radius 1 is 1.25 bits per heavy atom. The average molecular weight is 327 g/mol. The molecular weight excluding hydrogens is 306 g/mol. The highest BCUT2D eigenvalue weighted by Crippen LogP contribution is 2.28. The molecule has 2 rings (SSSR count). The Morgan fingerprint density at radius 3 is 2.42 bits per heavy atom. The molecular formula is C18H21N3O3. The van der Waals surface area contributed by atoms with Gasteiger partial charge in [-0.05, 0) is 45.4 Å². The third-order valence-corrected chi connectivity index (χ3v) is 3.80. The van der Waals surface area contributed by atoms with Crippen molar-refractivity contribution >= 4 is 17.8 Å². The number of allylic oxidation sites excluding steroid dienone is 1. The van der Waals surface area contributed by atoms with Gasteiger partial charge >= 0.3 is 0 Å². The molecule has 0 radical (unpaired) electrons. The fourth-order valence-corrected chi connectivity index (χ4v) is 2.65. The summed E-state index contributed by atoms with van der Waals surface area (Å²) >= 11 is 0. The van der Waals surface area contributed by atoms with Gasteiger partial charge < -0.3 is 16.6 Å². The largest absolute Gasteiger partial charge is 0.508 e. The molecule has 1 aromatic heterocycles. The lowest BCUT2D eigenvalue weighted by atomic mass is 10.1. The fourth-order valence-electron chi connectivity index (χ4n) is 2.65. The molecule has 0 unspecified atom stereocenters. The molecule has 24 heavy (non-hydrogen) atoms. The van der Waals surface area contributed by atoms with Crippen molar-refractivity contribution in [1.82, 2.24) is 4.57 Å². The maximum absolute atomic E-state index is 12.9. The van der Waals surface area contributed by atoms with Gasteiger partial charge in [0.15, 0.2) is 0 Å². The summed E-state index contributed by atoms with van der Waals surface area (Å²) in [5.41, 5.74) is 14.0. The molecule has 0 aliphatic carbocycles. The number of aryl methyl sites for hydroxylation is 1. The van der Waals surface area contributed by atoms with Crippen molar-refractivity contribution in [2.45, 2.75) is 27.7 Å². The summed E-state index contributed by atoms with van der Waals surface area (Å²) in [5, 5.41) is 10.0. The number of phenolic OH excluding ortho intramolecular Hbond substituents is 1.